The zero-order chi connectivity index (χ0) is 13.8. The average Bonchev–Trinajstić information content (AvgIpc) is 2.84. The zero-order valence-corrected chi connectivity index (χ0v) is 13.2. The second kappa shape index (κ2) is 6.24. The highest BCUT2D eigenvalue weighted by atomic mass is 79.9. The number of benzene rings is 1. The van der Waals surface area contributed by atoms with Crippen molar-refractivity contribution < 1.29 is 0 Å². The van der Waals surface area contributed by atoms with Gasteiger partial charge in [0.25, 0.3) is 0 Å². The summed E-state index contributed by atoms with van der Waals surface area (Å²) in [5.41, 5.74) is 2.49. The first-order valence-corrected chi connectivity index (χ1v) is 7.47. The molecule has 0 unspecified atom stereocenters. The molecule has 0 aliphatic carbocycles. The quantitative estimate of drug-likeness (QED) is 0.891. The third-order valence-electron chi connectivity index (χ3n) is 2.99. The lowest BCUT2D eigenvalue weighted by Crippen LogP contribution is -2.12. The van der Waals surface area contributed by atoms with Crippen LogP contribution in [0.25, 0.3) is 5.69 Å². The van der Waals surface area contributed by atoms with Gasteiger partial charge in [-0.3, -0.25) is 4.57 Å². The number of nitrogens with one attached hydrogen (secondary N) is 1. The lowest BCUT2D eigenvalue weighted by atomic mass is 10.1. The molecule has 1 heterocycles. The standard InChI is InChI=1S/C15H20BrN3/c1-4-12-9-13(16)5-6-14(12)19-8-7-17-15(19)18-10-11(2)3/h5-9,11H,4,10H2,1-3H3,(H,17,18). The van der Waals surface area contributed by atoms with Gasteiger partial charge in [-0.25, -0.2) is 4.98 Å². The Morgan fingerprint density at radius 2 is 2.16 bits per heavy atom. The molecule has 4 heteroatoms. The fraction of sp³-hybridized carbons (Fsp3) is 0.400. The molecule has 0 atom stereocenters. The Bertz CT molecular complexity index is 546. The van der Waals surface area contributed by atoms with Crippen LogP contribution in [0, 0.1) is 5.92 Å². The van der Waals surface area contributed by atoms with Crippen LogP contribution in [0.5, 0.6) is 0 Å². The number of aryl methyl sites for hydroxylation is 1. The first-order chi connectivity index (χ1) is 9.11. The Balaban J connectivity index is 2.34. The number of hydrogen-bond acceptors (Lipinski definition) is 2. The summed E-state index contributed by atoms with van der Waals surface area (Å²) in [6.45, 7) is 7.48. The van der Waals surface area contributed by atoms with E-state index < -0.39 is 0 Å². The topological polar surface area (TPSA) is 29.9 Å². The molecule has 0 aliphatic heterocycles. The van der Waals surface area contributed by atoms with E-state index in [1.54, 1.807) is 0 Å². The van der Waals surface area contributed by atoms with E-state index in [2.05, 4.69) is 69.8 Å². The molecule has 2 aromatic rings. The second-order valence-electron chi connectivity index (χ2n) is 5.02. The number of anilines is 1. The Morgan fingerprint density at radius 3 is 2.84 bits per heavy atom. The van der Waals surface area contributed by atoms with Crippen LogP contribution in [-0.4, -0.2) is 16.1 Å². The highest BCUT2D eigenvalue weighted by Crippen LogP contribution is 2.23. The fourth-order valence-corrected chi connectivity index (χ4v) is 2.40. The molecule has 0 amide bonds. The van der Waals surface area contributed by atoms with Crippen molar-refractivity contribution in [3.05, 3.63) is 40.6 Å². The minimum absolute atomic E-state index is 0.598. The minimum Gasteiger partial charge on any atom is -0.355 e. The fourth-order valence-electron chi connectivity index (χ4n) is 2.00. The maximum Gasteiger partial charge on any atom is 0.207 e. The van der Waals surface area contributed by atoms with Crippen molar-refractivity contribution in [2.45, 2.75) is 27.2 Å². The summed E-state index contributed by atoms with van der Waals surface area (Å²) < 4.78 is 3.23. The normalized spacial score (nSPS) is 11.0. The van der Waals surface area contributed by atoms with Crippen molar-refractivity contribution in [2.75, 3.05) is 11.9 Å². The van der Waals surface area contributed by atoms with Crippen molar-refractivity contribution >= 4 is 21.9 Å². The molecule has 1 aromatic carbocycles. The number of rotatable bonds is 5. The lowest BCUT2D eigenvalue weighted by Gasteiger charge is -2.14. The zero-order valence-electron chi connectivity index (χ0n) is 11.7. The molecule has 0 radical (unpaired) electrons. The molecule has 3 nitrogen and oxygen atoms in total. The summed E-state index contributed by atoms with van der Waals surface area (Å²) >= 11 is 3.53. The van der Waals surface area contributed by atoms with Crippen LogP contribution in [0.2, 0.25) is 0 Å². The van der Waals surface area contributed by atoms with Gasteiger partial charge in [0.05, 0.1) is 5.69 Å². The summed E-state index contributed by atoms with van der Waals surface area (Å²) in [5, 5.41) is 3.40. The van der Waals surface area contributed by atoms with Crippen LogP contribution in [-0.2, 0) is 6.42 Å². The molecule has 102 valence electrons. The van der Waals surface area contributed by atoms with E-state index >= 15 is 0 Å². The van der Waals surface area contributed by atoms with Gasteiger partial charge in [0.15, 0.2) is 0 Å². The van der Waals surface area contributed by atoms with Crippen molar-refractivity contribution in [1.82, 2.24) is 9.55 Å². The molecule has 0 bridgehead atoms. The molecule has 0 saturated carbocycles. The van der Waals surface area contributed by atoms with Gasteiger partial charge >= 0.3 is 0 Å². The smallest absolute Gasteiger partial charge is 0.207 e. The Labute approximate surface area is 123 Å². The number of imidazole rings is 1. The van der Waals surface area contributed by atoms with E-state index in [1.165, 1.54) is 11.3 Å². The third kappa shape index (κ3) is 3.38. The monoisotopic (exact) mass is 321 g/mol. The predicted octanol–water partition coefficient (Wildman–Crippen LogP) is 4.27. The Kier molecular flexibility index (Phi) is 4.64. The minimum atomic E-state index is 0.598. The van der Waals surface area contributed by atoms with Gasteiger partial charge in [-0.1, -0.05) is 36.7 Å². The predicted molar refractivity (Wildman–Crippen MR) is 84.0 cm³/mol. The van der Waals surface area contributed by atoms with E-state index in [1.807, 2.05) is 12.4 Å². The summed E-state index contributed by atoms with van der Waals surface area (Å²) in [6, 6.07) is 6.37. The maximum absolute atomic E-state index is 4.40. The van der Waals surface area contributed by atoms with Crippen LogP contribution >= 0.6 is 15.9 Å². The summed E-state index contributed by atoms with van der Waals surface area (Å²) in [4.78, 5) is 4.40. The molecule has 0 spiro atoms. The maximum atomic E-state index is 4.40. The Morgan fingerprint density at radius 1 is 1.37 bits per heavy atom. The number of halogens is 1. The highest BCUT2D eigenvalue weighted by Gasteiger charge is 2.09. The van der Waals surface area contributed by atoms with Crippen LogP contribution in [0.1, 0.15) is 26.3 Å². The second-order valence-corrected chi connectivity index (χ2v) is 5.94. The molecule has 1 N–H and O–H groups in total. The third-order valence-corrected chi connectivity index (χ3v) is 3.48. The molecule has 1 aromatic heterocycles. The van der Waals surface area contributed by atoms with Gasteiger partial charge in [0.1, 0.15) is 0 Å². The van der Waals surface area contributed by atoms with Gasteiger partial charge in [-0.2, -0.15) is 0 Å². The van der Waals surface area contributed by atoms with Gasteiger partial charge in [-0.05, 0) is 36.1 Å². The summed E-state index contributed by atoms with van der Waals surface area (Å²) in [5.74, 6) is 1.51. The van der Waals surface area contributed by atoms with E-state index in [9.17, 15) is 0 Å². The summed E-state index contributed by atoms with van der Waals surface area (Å²) in [6.07, 6.45) is 4.84. The van der Waals surface area contributed by atoms with E-state index in [0.29, 0.717) is 5.92 Å². The molecule has 2 rings (SSSR count). The van der Waals surface area contributed by atoms with E-state index in [0.717, 1.165) is 23.4 Å². The van der Waals surface area contributed by atoms with Crippen LogP contribution in [0.15, 0.2) is 35.1 Å². The van der Waals surface area contributed by atoms with Gasteiger partial charge in [0.2, 0.25) is 5.95 Å². The van der Waals surface area contributed by atoms with Gasteiger partial charge < -0.3 is 5.32 Å². The number of nitrogens with zero attached hydrogens (tertiary/aromatic N) is 2. The van der Waals surface area contributed by atoms with Crippen molar-refractivity contribution in [1.29, 1.82) is 0 Å². The van der Waals surface area contributed by atoms with Crippen molar-refractivity contribution in [3.8, 4) is 5.69 Å². The van der Waals surface area contributed by atoms with E-state index in [4.69, 9.17) is 0 Å². The largest absolute Gasteiger partial charge is 0.355 e. The molecule has 0 aliphatic rings. The first-order valence-electron chi connectivity index (χ1n) is 6.67. The van der Waals surface area contributed by atoms with Crippen LogP contribution in [0.3, 0.4) is 0 Å². The number of hydrogen-bond donors (Lipinski definition) is 1. The first kappa shape index (κ1) is 14.1. The van der Waals surface area contributed by atoms with Crippen molar-refractivity contribution in [3.63, 3.8) is 0 Å². The molecule has 19 heavy (non-hydrogen) atoms. The van der Waals surface area contributed by atoms with Gasteiger partial charge in [0, 0.05) is 23.4 Å². The molecular formula is C15H20BrN3. The molecule has 0 fully saturated rings. The van der Waals surface area contributed by atoms with Gasteiger partial charge in [-0.15, -0.1) is 0 Å². The molecule has 0 saturated heterocycles. The Hall–Kier alpha value is -1.29. The SMILES string of the molecule is CCc1cc(Br)ccc1-n1ccnc1NCC(C)C. The average molecular weight is 322 g/mol. The van der Waals surface area contributed by atoms with Crippen LogP contribution in [0.4, 0.5) is 5.95 Å². The van der Waals surface area contributed by atoms with E-state index in [-0.39, 0.29) is 0 Å². The highest BCUT2D eigenvalue weighted by molar-refractivity contribution is 9.10. The van der Waals surface area contributed by atoms with Crippen LogP contribution < -0.4 is 5.32 Å². The van der Waals surface area contributed by atoms with Crippen molar-refractivity contribution in [2.24, 2.45) is 5.92 Å². The number of aromatic nitrogens is 2. The molecular weight excluding hydrogens is 302 g/mol. The summed E-state index contributed by atoms with van der Waals surface area (Å²) in [7, 11) is 0. The lowest BCUT2D eigenvalue weighted by molar-refractivity contribution is 0.683.